The molecule has 0 fully saturated rings. The van der Waals surface area contributed by atoms with Crippen LogP contribution in [0.15, 0.2) is 76.8 Å². The van der Waals surface area contributed by atoms with Crippen molar-refractivity contribution in [1.82, 2.24) is 9.55 Å². The van der Waals surface area contributed by atoms with Crippen molar-refractivity contribution < 1.29 is 13.9 Å². The van der Waals surface area contributed by atoms with E-state index in [9.17, 15) is 14.0 Å². The number of nitrogens with zero attached hydrogens (tertiary/aromatic N) is 2. The Morgan fingerprint density at radius 2 is 1.77 bits per heavy atom. The molecule has 0 amide bonds. The summed E-state index contributed by atoms with van der Waals surface area (Å²) in [6, 6.07) is 15.1. The largest absolute Gasteiger partial charge is 0.462 e. The second-order valence-corrected chi connectivity index (χ2v) is 7.51. The van der Waals surface area contributed by atoms with E-state index >= 15 is 0 Å². The van der Waals surface area contributed by atoms with Gasteiger partial charge in [-0.05, 0) is 72.8 Å². The highest BCUT2D eigenvalue weighted by atomic mass is 32.2. The highest BCUT2D eigenvalue weighted by molar-refractivity contribution is 7.98. The molecule has 0 unspecified atom stereocenters. The predicted molar refractivity (Wildman–Crippen MR) is 120 cm³/mol. The molecule has 0 bridgehead atoms. The van der Waals surface area contributed by atoms with Crippen LogP contribution in [0.1, 0.15) is 17.3 Å². The van der Waals surface area contributed by atoms with Crippen LogP contribution in [0, 0.1) is 5.82 Å². The van der Waals surface area contributed by atoms with Gasteiger partial charge in [0.05, 0.1) is 17.1 Å². The van der Waals surface area contributed by atoms with Crippen LogP contribution in [0.5, 0.6) is 0 Å². The van der Waals surface area contributed by atoms with Gasteiger partial charge >= 0.3 is 5.97 Å². The number of aromatic nitrogens is 2. The third kappa shape index (κ3) is 3.84. The highest BCUT2D eigenvalue weighted by Gasteiger charge is 2.24. The second-order valence-electron chi connectivity index (χ2n) is 6.71. The molecule has 0 N–H and O–H groups in total. The molecule has 7 heteroatoms. The van der Waals surface area contributed by atoms with Crippen molar-refractivity contribution in [3.63, 3.8) is 0 Å². The van der Waals surface area contributed by atoms with Gasteiger partial charge in [0.2, 0.25) is 5.43 Å². The fraction of sp³-hybridized carbons (Fsp3) is 0.125. The molecular formula is C24H19FN2O3S. The van der Waals surface area contributed by atoms with Crippen molar-refractivity contribution in [1.29, 1.82) is 0 Å². The van der Waals surface area contributed by atoms with Crippen LogP contribution in [0.3, 0.4) is 0 Å². The van der Waals surface area contributed by atoms with Crippen molar-refractivity contribution in [3.05, 3.63) is 88.6 Å². The zero-order valence-electron chi connectivity index (χ0n) is 17.0. The van der Waals surface area contributed by atoms with Gasteiger partial charge in [0.25, 0.3) is 0 Å². The topological polar surface area (TPSA) is 61.2 Å². The minimum absolute atomic E-state index is 0.0252. The first-order chi connectivity index (χ1) is 15.0. The molecule has 0 atom stereocenters. The van der Waals surface area contributed by atoms with Crippen LogP contribution in [0.25, 0.3) is 27.7 Å². The van der Waals surface area contributed by atoms with Crippen LogP contribution in [0.4, 0.5) is 4.39 Å². The Kier molecular flexibility index (Phi) is 5.86. The van der Waals surface area contributed by atoms with Gasteiger partial charge < -0.3 is 9.30 Å². The number of ether oxygens (including phenoxy) is 1. The second kappa shape index (κ2) is 8.73. The Morgan fingerprint density at radius 1 is 1.06 bits per heavy atom. The quantitative estimate of drug-likeness (QED) is 0.323. The number of esters is 1. The fourth-order valence-electron chi connectivity index (χ4n) is 3.51. The van der Waals surface area contributed by atoms with E-state index in [1.54, 1.807) is 48.3 Å². The van der Waals surface area contributed by atoms with Gasteiger partial charge in [0.1, 0.15) is 11.4 Å². The number of fused-ring (bicyclic) bond motifs is 1. The Balaban J connectivity index is 2.11. The lowest BCUT2D eigenvalue weighted by Crippen LogP contribution is -2.23. The molecule has 4 rings (SSSR count). The molecule has 0 spiro atoms. The molecule has 0 radical (unpaired) electrons. The Hall–Kier alpha value is -3.45. The maximum Gasteiger partial charge on any atom is 0.344 e. The summed E-state index contributed by atoms with van der Waals surface area (Å²) in [5, 5.41) is 0.817. The van der Waals surface area contributed by atoms with Crippen molar-refractivity contribution >= 4 is 28.6 Å². The minimum Gasteiger partial charge on any atom is -0.462 e. The Morgan fingerprint density at radius 3 is 2.42 bits per heavy atom. The molecule has 4 aromatic rings. The molecule has 31 heavy (non-hydrogen) atoms. The summed E-state index contributed by atoms with van der Waals surface area (Å²) in [5.74, 6) is -1.05. The number of thioether (sulfide) groups is 1. The normalized spacial score (nSPS) is 10.9. The van der Waals surface area contributed by atoms with Gasteiger partial charge in [-0.1, -0.05) is 6.07 Å². The zero-order chi connectivity index (χ0) is 22.0. The fourth-order valence-corrected chi connectivity index (χ4v) is 4.28. The third-order valence-corrected chi connectivity index (χ3v) is 5.67. The van der Waals surface area contributed by atoms with Gasteiger partial charge in [0.15, 0.2) is 0 Å². The molecule has 156 valence electrons. The van der Waals surface area contributed by atoms with E-state index < -0.39 is 11.4 Å². The maximum absolute atomic E-state index is 13.6. The minimum atomic E-state index is -0.673. The highest BCUT2D eigenvalue weighted by Crippen LogP contribution is 2.31. The number of benzene rings is 2. The van der Waals surface area contributed by atoms with E-state index in [0.29, 0.717) is 21.6 Å². The summed E-state index contributed by atoms with van der Waals surface area (Å²) >= 11 is 1.26. The molecule has 0 saturated heterocycles. The smallest absolute Gasteiger partial charge is 0.344 e. The summed E-state index contributed by atoms with van der Waals surface area (Å²) in [6.45, 7) is 1.85. The summed E-state index contributed by atoms with van der Waals surface area (Å²) < 4.78 is 20.6. The molecule has 0 aliphatic heterocycles. The number of halogens is 1. The van der Waals surface area contributed by atoms with Gasteiger partial charge in [-0.15, -0.1) is 11.8 Å². The van der Waals surface area contributed by atoms with E-state index in [-0.39, 0.29) is 18.0 Å². The van der Waals surface area contributed by atoms with Crippen LogP contribution >= 0.6 is 11.8 Å². The van der Waals surface area contributed by atoms with Gasteiger partial charge in [-0.2, -0.15) is 0 Å². The van der Waals surface area contributed by atoms with E-state index in [1.807, 2.05) is 24.3 Å². The third-order valence-electron chi connectivity index (χ3n) is 4.90. The van der Waals surface area contributed by atoms with Gasteiger partial charge in [0, 0.05) is 23.5 Å². The molecule has 2 aromatic carbocycles. The summed E-state index contributed by atoms with van der Waals surface area (Å²) in [6.07, 6.45) is 5.18. The first-order valence-electron chi connectivity index (χ1n) is 9.65. The van der Waals surface area contributed by atoms with E-state index in [4.69, 9.17) is 4.74 Å². The molecule has 0 saturated carbocycles. The summed E-state index contributed by atoms with van der Waals surface area (Å²) in [7, 11) is 0. The molecular weight excluding hydrogens is 415 g/mol. The molecule has 0 aliphatic rings. The molecule has 5 nitrogen and oxygen atoms in total. The van der Waals surface area contributed by atoms with E-state index in [1.165, 1.54) is 23.9 Å². The monoisotopic (exact) mass is 434 g/mol. The number of rotatable bonds is 5. The first kappa shape index (κ1) is 20.8. The lowest BCUT2D eigenvalue weighted by molar-refractivity contribution is 0.0519. The van der Waals surface area contributed by atoms with Crippen molar-refractivity contribution in [2.24, 2.45) is 0 Å². The lowest BCUT2D eigenvalue weighted by atomic mass is 10.0. The molecule has 2 heterocycles. The predicted octanol–water partition coefficient (Wildman–Crippen LogP) is 5.09. The number of carbonyl (C=O) groups excluding carboxylic acids is 1. The van der Waals surface area contributed by atoms with Crippen molar-refractivity contribution in [2.75, 3.05) is 12.9 Å². The maximum atomic E-state index is 13.6. The molecule has 0 aliphatic carbocycles. The van der Waals surface area contributed by atoms with Crippen LogP contribution in [-0.2, 0) is 4.74 Å². The Labute approximate surface area is 182 Å². The lowest BCUT2D eigenvalue weighted by Gasteiger charge is -2.19. The average Bonchev–Trinajstić information content (AvgIpc) is 2.80. The van der Waals surface area contributed by atoms with Gasteiger partial charge in [-0.25, -0.2) is 9.18 Å². The van der Waals surface area contributed by atoms with Gasteiger partial charge in [-0.3, -0.25) is 9.78 Å². The number of hydrogen-bond donors (Lipinski definition) is 0. The Bertz CT molecular complexity index is 1320. The number of carbonyl (C=O) groups is 1. The summed E-state index contributed by atoms with van der Waals surface area (Å²) in [4.78, 5) is 30.1. The van der Waals surface area contributed by atoms with Crippen LogP contribution < -0.4 is 5.43 Å². The average molecular weight is 434 g/mol. The number of pyridine rings is 2. The van der Waals surface area contributed by atoms with E-state index in [2.05, 4.69) is 4.98 Å². The van der Waals surface area contributed by atoms with Crippen LogP contribution in [-0.4, -0.2) is 28.4 Å². The van der Waals surface area contributed by atoms with Crippen molar-refractivity contribution in [2.45, 2.75) is 11.9 Å². The SMILES string of the molecule is CCOC(=O)c1c(SC)n(-c2ccc(F)cc2)c2cc(-c3ccncc3)ccc2c1=O. The number of hydrogen-bond acceptors (Lipinski definition) is 5. The van der Waals surface area contributed by atoms with Crippen LogP contribution in [0.2, 0.25) is 0 Å². The summed E-state index contributed by atoms with van der Waals surface area (Å²) in [5.41, 5.74) is 2.66. The standard InChI is InChI=1S/C24H19FN2O3S/c1-3-30-24(29)21-22(28)19-9-4-16(15-10-12-26-13-11-15)14-20(19)27(23(21)31-2)18-7-5-17(25)6-8-18/h4-14H,3H2,1-2H3. The first-order valence-corrected chi connectivity index (χ1v) is 10.9. The zero-order valence-corrected chi connectivity index (χ0v) is 17.8. The molecule has 2 aromatic heterocycles. The van der Waals surface area contributed by atoms with Crippen molar-refractivity contribution in [3.8, 4) is 16.8 Å². The van der Waals surface area contributed by atoms with E-state index in [0.717, 1.165) is 11.1 Å².